The molecule has 2 nitrogen and oxygen atoms in total. The third-order valence-corrected chi connectivity index (χ3v) is 2.61. The summed E-state index contributed by atoms with van der Waals surface area (Å²) in [6.45, 7) is 0.600. The van der Waals surface area contributed by atoms with Crippen LogP contribution in [-0.4, -0.2) is 18.3 Å². The van der Waals surface area contributed by atoms with E-state index in [2.05, 4.69) is 0 Å². The van der Waals surface area contributed by atoms with Gasteiger partial charge in [-0.3, -0.25) is 0 Å². The van der Waals surface area contributed by atoms with Crippen molar-refractivity contribution >= 4 is 0 Å². The molecule has 0 amide bonds. The molecular weight excluding hydrogens is 231 g/mol. The van der Waals surface area contributed by atoms with Gasteiger partial charge >= 0.3 is 0 Å². The van der Waals surface area contributed by atoms with Crippen LogP contribution in [0.1, 0.15) is 6.42 Å². The molecule has 2 aromatic rings. The van der Waals surface area contributed by atoms with Crippen LogP contribution in [0.15, 0.2) is 48.5 Å². The molecule has 3 heteroatoms. The van der Waals surface area contributed by atoms with Gasteiger partial charge in [-0.1, -0.05) is 30.3 Å². The van der Waals surface area contributed by atoms with Gasteiger partial charge in [0, 0.05) is 18.6 Å². The van der Waals surface area contributed by atoms with Crippen LogP contribution in [-0.2, 0) is 0 Å². The Balaban J connectivity index is 2.10. The Morgan fingerprint density at radius 3 is 2.39 bits per heavy atom. The third-order valence-electron chi connectivity index (χ3n) is 2.61. The molecule has 0 heterocycles. The van der Waals surface area contributed by atoms with Gasteiger partial charge in [-0.15, -0.1) is 0 Å². The minimum Gasteiger partial charge on any atom is -0.494 e. The fourth-order valence-corrected chi connectivity index (χ4v) is 1.68. The number of hydrogen-bond donors (Lipinski definition) is 1. The third kappa shape index (κ3) is 3.08. The molecule has 0 atom stereocenters. The Morgan fingerprint density at radius 1 is 1.00 bits per heavy atom. The van der Waals surface area contributed by atoms with E-state index >= 15 is 0 Å². The SMILES string of the molecule is OCCCOc1ccc(-c2ccccc2F)cc1. The van der Waals surface area contributed by atoms with Crippen molar-refractivity contribution in [1.82, 2.24) is 0 Å². The fourth-order valence-electron chi connectivity index (χ4n) is 1.68. The fraction of sp³-hybridized carbons (Fsp3) is 0.200. The first-order valence-corrected chi connectivity index (χ1v) is 5.90. The largest absolute Gasteiger partial charge is 0.494 e. The summed E-state index contributed by atoms with van der Waals surface area (Å²) < 4.78 is 19.0. The molecule has 0 saturated carbocycles. The zero-order chi connectivity index (χ0) is 12.8. The van der Waals surface area contributed by atoms with E-state index in [1.165, 1.54) is 6.07 Å². The molecule has 0 bridgehead atoms. The summed E-state index contributed by atoms with van der Waals surface area (Å²) in [5.74, 6) is 0.495. The zero-order valence-electron chi connectivity index (χ0n) is 9.97. The van der Waals surface area contributed by atoms with E-state index in [0.717, 1.165) is 11.3 Å². The van der Waals surface area contributed by atoms with Crippen molar-refractivity contribution in [2.75, 3.05) is 13.2 Å². The Morgan fingerprint density at radius 2 is 1.72 bits per heavy atom. The summed E-state index contributed by atoms with van der Waals surface area (Å²) in [6, 6.07) is 13.9. The second kappa shape index (κ2) is 6.17. The summed E-state index contributed by atoms with van der Waals surface area (Å²) in [5, 5.41) is 8.65. The number of aliphatic hydroxyl groups excluding tert-OH is 1. The number of hydrogen-bond acceptors (Lipinski definition) is 2. The molecule has 0 aliphatic rings. The minimum atomic E-state index is -0.230. The van der Waals surface area contributed by atoms with Crippen LogP contribution in [0.25, 0.3) is 11.1 Å². The first kappa shape index (κ1) is 12.6. The lowest BCUT2D eigenvalue weighted by atomic mass is 10.1. The lowest BCUT2D eigenvalue weighted by molar-refractivity contribution is 0.233. The summed E-state index contributed by atoms with van der Waals surface area (Å²) >= 11 is 0. The number of halogens is 1. The molecule has 1 N–H and O–H groups in total. The van der Waals surface area contributed by atoms with E-state index in [4.69, 9.17) is 9.84 Å². The highest BCUT2D eigenvalue weighted by Gasteiger charge is 2.03. The highest BCUT2D eigenvalue weighted by atomic mass is 19.1. The Kier molecular flexibility index (Phi) is 4.31. The van der Waals surface area contributed by atoms with E-state index in [1.54, 1.807) is 24.3 Å². The molecule has 2 rings (SSSR count). The molecule has 0 saturated heterocycles. The summed E-state index contributed by atoms with van der Waals surface area (Å²) in [5.41, 5.74) is 1.40. The van der Waals surface area contributed by atoms with E-state index in [1.807, 2.05) is 18.2 Å². The molecule has 0 aromatic heterocycles. The van der Waals surface area contributed by atoms with Crippen LogP contribution in [0, 0.1) is 5.82 Å². The highest BCUT2D eigenvalue weighted by Crippen LogP contribution is 2.24. The second-order valence-corrected chi connectivity index (χ2v) is 3.93. The maximum absolute atomic E-state index is 13.6. The van der Waals surface area contributed by atoms with Gasteiger partial charge in [0.05, 0.1) is 6.61 Å². The van der Waals surface area contributed by atoms with E-state index < -0.39 is 0 Å². The van der Waals surface area contributed by atoms with Crippen LogP contribution in [0.3, 0.4) is 0 Å². The molecule has 2 aromatic carbocycles. The monoisotopic (exact) mass is 246 g/mol. The average molecular weight is 246 g/mol. The summed E-state index contributed by atoms with van der Waals surface area (Å²) in [4.78, 5) is 0. The van der Waals surface area contributed by atoms with Crippen LogP contribution in [0.2, 0.25) is 0 Å². The van der Waals surface area contributed by atoms with Gasteiger partial charge in [-0.25, -0.2) is 4.39 Å². The predicted molar refractivity (Wildman–Crippen MR) is 69.0 cm³/mol. The van der Waals surface area contributed by atoms with Crippen molar-refractivity contribution in [2.24, 2.45) is 0 Å². The molecule has 0 spiro atoms. The molecule has 94 valence electrons. The number of aliphatic hydroxyl groups is 1. The predicted octanol–water partition coefficient (Wildman–Crippen LogP) is 3.25. The van der Waals surface area contributed by atoms with Crippen LogP contribution in [0.5, 0.6) is 5.75 Å². The van der Waals surface area contributed by atoms with Gasteiger partial charge in [-0.05, 0) is 23.8 Å². The molecule has 0 unspecified atom stereocenters. The van der Waals surface area contributed by atoms with Gasteiger partial charge in [0.2, 0.25) is 0 Å². The molecule has 0 fully saturated rings. The van der Waals surface area contributed by atoms with Crippen LogP contribution >= 0.6 is 0 Å². The highest BCUT2D eigenvalue weighted by molar-refractivity contribution is 5.64. The van der Waals surface area contributed by atoms with Crippen molar-refractivity contribution in [1.29, 1.82) is 0 Å². The smallest absolute Gasteiger partial charge is 0.131 e. The minimum absolute atomic E-state index is 0.118. The first-order chi connectivity index (χ1) is 8.81. The molecule has 0 aliphatic carbocycles. The summed E-state index contributed by atoms with van der Waals surface area (Å²) in [7, 11) is 0. The van der Waals surface area contributed by atoms with E-state index in [9.17, 15) is 4.39 Å². The number of ether oxygens (including phenoxy) is 1. The quantitative estimate of drug-likeness (QED) is 0.820. The average Bonchev–Trinajstić information content (AvgIpc) is 2.41. The summed E-state index contributed by atoms with van der Waals surface area (Å²) in [6.07, 6.45) is 0.606. The van der Waals surface area contributed by atoms with Crippen LogP contribution < -0.4 is 4.74 Å². The molecular formula is C15H15FO2. The molecule has 0 radical (unpaired) electrons. The van der Waals surface area contributed by atoms with Crippen molar-refractivity contribution in [3.05, 3.63) is 54.3 Å². The number of benzene rings is 2. The Hall–Kier alpha value is -1.87. The Bertz CT molecular complexity index is 494. The maximum atomic E-state index is 13.6. The van der Waals surface area contributed by atoms with Crippen molar-refractivity contribution < 1.29 is 14.2 Å². The van der Waals surface area contributed by atoms with Crippen LogP contribution in [0.4, 0.5) is 4.39 Å². The van der Waals surface area contributed by atoms with Crippen molar-refractivity contribution in [3.63, 3.8) is 0 Å². The normalized spacial score (nSPS) is 10.3. The van der Waals surface area contributed by atoms with Gasteiger partial charge in [0.25, 0.3) is 0 Å². The van der Waals surface area contributed by atoms with Crippen molar-refractivity contribution in [3.8, 4) is 16.9 Å². The topological polar surface area (TPSA) is 29.5 Å². The lowest BCUT2D eigenvalue weighted by Gasteiger charge is -2.07. The van der Waals surface area contributed by atoms with Gasteiger partial charge in [-0.2, -0.15) is 0 Å². The van der Waals surface area contributed by atoms with Gasteiger partial charge < -0.3 is 9.84 Å². The van der Waals surface area contributed by atoms with E-state index in [-0.39, 0.29) is 12.4 Å². The second-order valence-electron chi connectivity index (χ2n) is 3.93. The molecule has 18 heavy (non-hydrogen) atoms. The standard InChI is InChI=1S/C15H15FO2/c16-15-5-2-1-4-14(15)12-6-8-13(9-7-12)18-11-3-10-17/h1-2,4-9,17H,3,10-11H2. The van der Waals surface area contributed by atoms with Crippen molar-refractivity contribution in [2.45, 2.75) is 6.42 Å². The van der Waals surface area contributed by atoms with E-state index in [0.29, 0.717) is 18.6 Å². The number of rotatable bonds is 5. The maximum Gasteiger partial charge on any atom is 0.131 e. The molecule has 0 aliphatic heterocycles. The Labute approximate surface area is 106 Å². The van der Waals surface area contributed by atoms with Gasteiger partial charge in [0.15, 0.2) is 0 Å². The first-order valence-electron chi connectivity index (χ1n) is 5.90. The zero-order valence-corrected chi connectivity index (χ0v) is 9.97. The lowest BCUT2D eigenvalue weighted by Crippen LogP contribution is -1.99. The van der Waals surface area contributed by atoms with Gasteiger partial charge in [0.1, 0.15) is 11.6 Å².